The van der Waals surface area contributed by atoms with Gasteiger partial charge in [0.05, 0.1) is 20.3 Å². The monoisotopic (exact) mass is 390 g/mol. The highest BCUT2D eigenvalue weighted by molar-refractivity contribution is 5.85. The van der Waals surface area contributed by atoms with Gasteiger partial charge in [-0.15, -0.1) is 0 Å². The molecule has 10 nitrogen and oxygen atoms in total. The summed E-state index contributed by atoms with van der Waals surface area (Å²) in [6.07, 6.45) is -1.12. The van der Waals surface area contributed by atoms with Crippen molar-refractivity contribution in [2.24, 2.45) is 0 Å². The summed E-state index contributed by atoms with van der Waals surface area (Å²) in [5, 5.41) is 43.6. The summed E-state index contributed by atoms with van der Waals surface area (Å²) in [4.78, 5) is 12.0. The van der Waals surface area contributed by atoms with Crippen LogP contribution in [0.5, 0.6) is 11.5 Å². The summed E-state index contributed by atoms with van der Waals surface area (Å²) in [5.41, 5.74) is -0.0270. The fourth-order valence-electron chi connectivity index (χ4n) is 2.73. The van der Waals surface area contributed by atoms with E-state index in [1.165, 1.54) is 31.4 Å². The van der Waals surface area contributed by atoms with Gasteiger partial charge >= 0.3 is 17.0 Å². The summed E-state index contributed by atoms with van der Waals surface area (Å²) in [5.74, 6) is -0.712. The summed E-state index contributed by atoms with van der Waals surface area (Å²) >= 11 is 0. The lowest BCUT2D eigenvalue weighted by Gasteiger charge is -2.12. The highest BCUT2D eigenvalue weighted by atomic mass is 16.6. The van der Waals surface area contributed by atoms with E-state index in [1.807, 2.05) is 0 Å². The van der Waals surface area contributed by atoms with Gasteiger partial charge in [0.25, 0.3) is 11.0 Å². The lowest BCUT2D eigenvalue weighted by Crippen LogP contribution is -2.40. The van der Waals surface area contributed by atoms with Crippen LogP contribution < -0.4 is 18.9 Å². The zero-order valence-electron chi connectivity index (χ0n) is 14.9. The van der Waals surface area contributed by atoms with E-state index in [0.717, 1.165) is 0 Å². The first kappa shape index (κ1) is 19.5. The van der Waals surface area contributed by atoms with E-state index in [0.29, 0.717) is 9.46 Å². The van der Waals surface area contributed by atoms with Crippen molar-refractivity contribution in [2.45, 2.75) is 6.10 Å². The molecule has 0 bridgehead atoms. The third-order valence-electron chi connectivity index (χ3n) is 3.98. The Morgan fingerprint density at radius 1 is 1.07 bits per heavy atom. The Morgan fingerprint density at radius 2 is 1.64 bits per heavy atom. The van der Waals surface area contributed by atoms with Crippen molar-refractivity contribution >= 4 is 28.0 Å². The molecule has 0 saturated heterocycles. The number of carbonyl (C=O) groups is 1. The maximum atomic E-state index is 12.9. The highest BCUT2D eigenvalue weighted by Gasteiger charge is 2.28. The van der Waals surface area contributed by atoms with Gasteiger partial charge in [0, 0.05) is 12.1 Å². The van der Waals surface area contributed by atoms with Crippen LogP contribution >= 0.6 is 0 Å². The number of nitrogens with zero attached hydrogens (tertiary/aromatic N) is 2. The maximum absolute atomic E-state index is 12.9. The minimum Gasteiger partial charge on any atom is -0.617 e. The van der Waals surface area contributed by atoms with Crippen molar-refractivity contribution in [3.05, 3.63) is 46.8 Å². The number of hydrogen-bond acceptors (Lipinski definition) is 8. The van der Waals surface area contributed by atoms with E-state index in [-0.39, 0.29) is 40.2 Å². The molecule has 10 heteroatoms. The molecule has 1 atom stereocenters. The van der Waals surface area contributed by atoms with E-state index in [4.69, 9.17) is 19.3 Å². The highest BCUT2D eigenvalue weighted by Crippen LogP contribution is 2.26. The zero-order valence-corrected chi connectivity index (χ0v) is 14.9. The second-order valence-electron chi connectivity index (χ2n) is 5.87. The lowest BCUT2D eigenvalue weighted by molar-refractivity contribution is -0.591. The van der Waals surface area contributed by atoms with E-state index >= 15 is 0 Å². The minimum absolute atomic E-state index is 0.00563. The Bertz CT molecular complexity index is 1020. The third-order valence-corrected chi connectivity index (χ3v) is 3.98. The molecule has 0 aliphatic rings. The number of carbonyl (C=O) groups excluding carboxylic acids is 1. The average Bonchev–Trinajstić information content (AvgIpc) is 2.71. The van der Waals surface area contributed by atoms with Crippen molar-refractivity contribution in [2.75, 3.05) is 26.9 Å². The maximum Gasteiger partial charge on any atom is 0.337 e. The predicted molar refractivity (Wildman–Crippen MR) is 95.5 cm³/mol. The molecule has 2 aromatic carbocycles. The first-order chi connectivity index (χ1) is 13.5. The van der Waals surface area contributed by atoms with Crippen molar-refractivity contribution < 1.29 is 38.7 Å². The van der Waals surface area contributed by atoms with Gasteiger partial charge in [0.15, 0.2) is 5.75 Å². The molecule has 0 fully saturated rings. The van der Waals surface area contributed by atoms with Crippen LogP contribution in [0.2, 0.25) is 0 Å². The van der Waals surface area contributed by atoms with E-state index < -0.39 is 25.3 Å². The van der Waals surface area contributed by atoms with E-state index in [9.17, 15) is 20.3 Å². The van der Waals surface area contributed by atoms with E-state index in [1.54, 1.807) is 12.1 Å². The van der Waals surface area contributed by atoms with Crippen LogP contribution in [0.1, 0.15) is 0 Å². The molecule has 0 spiro atoms. The molecule has 3 aromatic rings. The van der Waals surface area contributed by atoms with Crippen LogP contribution in [0.3, 0.4) is 0 Å². The Hall–Kier alpha value is -3.21. The van der Waals surface area contributed by atoms with Gasteiger partial charge in [0.2, 0.25) is 5.75 Å². The number of esters is 1. The number of para-hydroxylation sites is 2. The molecule has 0 amide bonds. The molecule has 0 aliphatic carbocycles. The normalized spacial score (nSPS) is 12.2. The number of benzene rings is 2. The minimum atomic E-state index is -1.12. The van der Waals surface area contributed by atoms with Crippen LogP contribution in [-0.4, -0.2) is 49.2 Å². The van der Waals surface area contributed by atoms with Gasteiger partial charge in [-0.05, 0) is 12.1 Å². The summed E-state index contributed by atoms with van der Waals surface area (Å²) in [7, 11) is 1.39. The number of ether oxygens (including phenoxy) is 3. The van der Waals surface area contributed by atoms with Crippen molar-refractivity contribution in [3.8, 4) is 11.5 Å². The largest absolute Gasteiger partial charge is 0.617 e. The van der Waals surface area contributed by atoms with Crippen molar-refractivity contribution in [1.82, 2.24) is 0 Å². The van der Waals surface area contributed by atoms with Crippen LogP contribution in [0.15, 0.2) is 36.4 Å². The van der Waals surface area contributed by atoms with Crippen LogP contribution in [0.25, 0.3) is 22.1 Å². The summed E-state index contributed by atoms with van der Waals surface area (Å²) in [6, 6.07) is 8.85. The fraction of sp³-hybridized carbons (Fsp3) is 0.278. The second-order valence-corrected chi connectivity index (χ2v) is 5.87. The molecule has 2 N–H and O–H groups in total. The first-order valence-electron chi connectivity index (χ1n) is 8.29. The molecular weight excluding hydrogens is 372 g/mol. The Morgan fingerprint density at radius 3 is 2.21 bits per heavy atom. The number of rotatable bonds is 7. The fourth-order valence-corrected chi connectivity index (χ4v) is 2.73. The molecule has 1 heterocycles. The Labute approximate surface area is 158 Å². The average molecular weight is 390 g/mol. The van der Waals surface area contributed by atoms with Gasteiger partial charge in [-0.3, -0.25) is 0 Å². The lowest BCUT2D eigenvalue weighted by atomic mass is 10.2. The quantitative estimate of drug-likeness (QED) is 0.182. The van der Waals surface area contributed by atoms with Crippen LogP contribution in [0, 0.1) is 10.4 Å². The number of fused-ring (bicyclic) bond motifs is 2. The zero-order chi connectivity index (χ0) is 20.3. The number of aliphatic hydroxyl groups is 2. The SMILES string of the molecule is COc1cccc2c1[n+]([O-])c1cccc(OC(=O)COCC(O)CO)c1[n+]2[O-]. The molecule has 0 saturated carbocycles. The first-order valence-corrected chi connectivity index (χ1v) is 8.29. The van der Waals surface area contributed by atoms with Gasteiger partial charge in [-0.2, -0.15) is 9.46 Å². The van der Waals surface area contributed by atoms with Gasteiger partial charge in [-0.1, -0.05) is 12.1 Å². The van der Waals surface area contributed by atoms with Crippen LogP contribution in [0.4, 0.5) is 0 Å². The summed E-state index contributed by atoms with van der Waals surface area (Å²) in [6.45, 7) is -1.27. The summed E-state index contributed by atoms with van der Waals surface area (Å²) < 4.78 is 16.3. The molecule has 1 aromatic heterocycles. The Balaban J connectivity index is 2.00. The standard InChI is InChI=1S/C18H18N2O8/c1-26-14-6-2-4-12-17(14)19(24)13-5-3-7-15(18(13)20(12)25)28-16(23)10-27-9-11(22)8-21/h2-7,11,21-22H,8-10H2,1H3. The molecule has 1 unspecified atom stereocenters. The number of aliphatic hydroxyl groups excluding tert-OH is 2. The number of hydrogen-bond donors (Lipinski definition) is 2. The van der Waals surface area contributed by atoms with E-state index in [2.05, 4.69) is 0 Å². The molecule has 0 radical (unpaired) electrons. The molecule has 0 aliphatic heterocycles. The smallest absolute Gasteiger partial charge is 0.337 e. The van der Waals surface area contributed by atoms with Crippen molar-refractivity contribution in [1.29, 1.82) is 0 Å². The third kappa shape index (κ3) is 3.60. The molecule has 3 rings (SSSR count). The van der Waals surface area contributed by atoms with Crippen molar-refractivity contribution in [3.63, 3.8) is 0 Å². The Kier molecular flexibility index (Phi) is 5.73. The number of aromatic nitrogens is 2. The number of methoxy groups -OCH3 is 1. The van der Waals surface area contributed by atoms with Crippen LogP contribution in [-0.2, 0) is 9.53 Å². The molecule has 28 heavy (non-hydrogen) atoms. The van der Waals surface area contributed by atoms with Gasteiger partial charge < -0.3 is 34.8 Å². The van der Waals surface area contributed by atoms with Gasteiger partial charge in [0.1, 0.15) is 12.7 Å². The van der Waals surface area contributed by atoms with Gasteiger partial charge in [-0.25, -0.2) is 4.79 Å². The predicted octanol–water partition coefficient (Wildman–Crippen LogP) is -0.456. The topological polar surface area (TPSA) is 139 Å². The second kappa shape index (κ2) is 8.21. The molecular formula is C18H18N2O8. The molecule has 148 valence electrons.